The summed E-state index contributed by atoms with van der Waals surface area (Å²) in [5, 5.41) is 15.7. The third-order valence-corrected chi connectivity index (χ3v) is 2.86. The van der Waals surface area contributed by atoms with Crippen LogP contribution in [-0.4, -0.2) is 29.7 Å². The molecule has 1 aliphatic rings. The number of anilines is 1. The number of aliphatic carboxylic acids is 1. The Hall–Kier alpha value is -1.26. The Morgan fingerprint density at radius 1 is 1.56 bits per heavy atom. The van der Waals surface area contributed by atoms with E-state index in [4.69, 9.17) is 16.7 Å². The number of hydrogen-bond donors (Lipinski definition) is 3. The molecule has 16 heavy (non-hydrogen) atoms. The molecule has 1 aromatic rings. The van der Waals surface area contributed by atoms with Crippen molar-refractivity contribution in [3.8, 4) is 0 Å². The number of carbonyl (C=O) groups is 1. The number of hydrogen-bond acceptors (Lipinski definition) is 3. The van der Waals surface area contributed by atoms with Crippen molar-refractivity contribution < 1.29 is 9.90 Å². The SMILES string of the molecule is O=C(O)[C@@H]1CC(Nc2cccc(Cl)c2)CN1. The number of carboxylic acids is 1. The molecule has 5 heteroatoms. The van der Waals surface area contributed by atoms with E-state index < -0.39 is 12.0 Å². The number of carboxylic acid groups (broad SMARTS) is 1. The first kappa shape index (κ1) is 11.2. The maximum atomic E-state index is 10.7. The molecule has 1 heterocycles. The van der Waals surface area contributed by atoms with E-state index in [1.54, 1.807) is 6.07 Å². The first-order valence-electron chi connectivity index (χ1n) is 5.13. The lowest BCUT2D eigenvalue weighted by molar-refractivity contribution is -0.139. The lowest BCUT2D eigenvalue weighted by Crippen LogP contribution is -2.30. The summed E-state index contributed by atoms with van der Waals surface area (Å²) >= 11 is 5.86. The molecule has 1 fully saturated rings. The van der Waals surface area contributed by atoms with Crippen molar-refractivity contribution in [3.63, 3.8) is 0 Å². The fourth-order valence-corrected chi connectivity index (χ4v) is 2.04. The van der Waals surface area contributed by atoms with Gasteiger partial charge in [-0.1, -0.05) is 17.7 Å². The molecule has 1 saturated heterocycles. The van der Waals surface area contributed by atoms with Gasteiger partial charge in [-0.3, -0.25) is 4.79 Å². The van der Waals surface area contributed by atoms with Crippen LogP contribution in [0.25, 0.3) is 0 Å². The van der Waals surface area contributed by atoms with E-state index in [0.717, 1.165) is 5.69 Å². The predicted octanol–water partition coefficient (Wildman–Crippen LogP) is 1.57. The van der Waals surface area contributed by atoms with Crippen LogP contribution in [0.3, 0.4) is 0 Å². The average molecular weight is 241 g/mol. The molecule has 1 unspecified atom stereocenters. The molecule has 2 atom stereocenters. The van der Waals surface area contributed by atoms with Crippen molar-refractivity contribution in [2.45, 2.75) is 18.5 Å². The van der Waals surface area contributed by atoms with Gasteiger partial charge < -0.3 is 15.7 Å². The summed E-state index contributed by atoms with van der Waals surface area (Å²) in [7, 11) is 0. The fraction of sp³-hybridized carbons (Fsp3) is 0.364. The number of halogens is 1. The quantitative estimate of drug-likeness (QED) is 0.751. The van der Waals surface area contributed by atoms with Crippen molar-refractivity contribution in [1.29, 1.82) is 0 Å². The first-order valence-corrected chi connectivity index (χ1v) is 5.51. The lowest BCUT2D eigenvalue weighted by atomic mass is 10.1. The molecule has 0 bridgehead atoms. The number of benzene rings is 1. The Kier molecular flexibility index (Phi) is 3.31. The molecule has 0 amide bonds. The topological polar surface area (TPSA) is 61.4 Å². The third-order valence-electron chi connectivity index (χ3n) is 2.62. The molecule has 0 aliphatic carbocycles. The van der Waals surface area contributed by atoms with Crippen LogP contribution in [0.5, 0.6) is 0 Å². The maximum absolute atomic E-state index is 10.7. The Morgan fingerprint density at radius 2 is 2.38 bits per heavy atom. The van der Waals surface area contributed by atoms with E-state index in [1.165, 1.54) is 0 Å². The van der Waals surface area contributed by atoms with Gasteiger partial charge in [0.2, 0.25) is 0 Å². The van der Waals surface area contributed by atoms with Crippen LogP contribution in [0.1, 0.15) is 6.42 Å². The molecule has 1 aliphatic heterocycles. The smallest absolute Gasteiger partial charge is 0.320 e. The van der Waals surface area contributed by atoms with Crippen LogP contribution >= 0.6 is 11.6 Å². The van der Waals surface area contributed by atoms with Gasteiger partial charge in [-0.2, -0.15) is 0 Å². The molecule has 0 radical (unpaired) electrons. The van der Waals surface area contributed by atoms with Crippen LogP contribution in [-0.2, 0) is 4.79 Å². The van der Waals surface area contributed by atoms with E-state index in [1.807, 2.05) is 18.2 Å². The number of rotatable bonds is 3. The van der Waals surface area contributed by atoms with E-state index in [0.29, 0.717) is 18.0 Å². The Balaban J connectivity index is 1.94. The molecular formula is C11H13ClN2O2. The predicted molar refractivity (Wildman–Crippen MR) is 62.9 cm³/mol. The standard InChI is InChI=1S/C11H13ClN2O2/c12-7-2-1-3-8(4-7)14-9-5-10(11(15)16)13-6-9/h1-4,9-10,13-14H,5-6H2,(H,15,16)/t9?,10-/m0/s1. The number of nitrogens with one attached hydrogen (secondary N) is 2. The molecule has 0 aromatic heterocycles. The van der Waals surface area contributed by atoms with Crippen molar-refractivity contribution in [2.75, 3.05) is 11.9 Å². The van der Waals surface area contributed by atoms with Gasteiger partial charge in [0.15, 0.2) is 0 Å². The zero-order valence-electron chi connectivity index (χ0n) is 8.61. The summed E-state index contributed by atoms with van der Waals surface area (Å²) in [4.78, 5) is 10.7. The average Bonchev–Trinajstić information content (AvgIpc) is 2.66. The summed E-state index contributed by atoms with van der Waals surface area (Å²) < 4.78 is 0. The second kappa shape index (κ2) is 4.72. The Labute approximate surface area is 98.6 Å². The molecular weight excluding hydrogens is 228 g/mol. The summed E-state index contributed by atoms with van der Waals surface area (Å²) in [5.74, 6) is -0.796. The van der Waals surface area contributed by atoms with E-state index >= 15 is 0 Å². The molecule has 0 spiro atoms. The van der Waals surface area contributed by atoms with Gasteiger partial charge >= 0.3 is 5.97 Å². The second-order valence-electron chi connectivity index (χ2n) is 3.89. The van der Waals surface area contributed by atoms with Gasteiger partial charge in [-0.15, -0.1) is 0 Å². The van der Waals surface area contributed by atoms with Gasteiger partial charge in [-0.05, 0) is 24.6 Å². The third kappa shape index (κ3) is 2.65. The normalized spacial score (nSPS) is 24.3. The van der Waals surface area contributed by atoms with Crippen LogP contribution in [0.4, 0.5) is 5.69 Å². The Bertz CT molecular complexity index is 397. The highest BCUT2D eigenvalue weighted by Crippen LogP contribution is 2.18. The highest BCUT2D eigenvalue weighted by Gasteiger charge is 2.28. The van der Waals surface area contributed by atoms with Gasteiger partial charge in [0.1, 0.15) is 6.04 Å². The van der Waals surface area contributed by atoms with Crippen molar-refractivity contribution >= 4 is 23.3 Å². The molecule has 3 N–H and O–H groups in total. The molecule has 86 valence electrons. The van der Waals surface area contributed by atoms with Crippen LogP contribution in [0.2, 0.25) is 5.02 Å². The van der Waals surface area contributed by atoms with Crippen molar-refractivity contribution in [1.82, 2.24) is 5.32 Å². The largest absolute Gasteiger partial charge is 0.480 e. The molecule has 0 saturated carbocycles. The van der Waals surface area contributed by atoms with Gasteiger partial charge in [0, 0.05) is 23.3 Å². The first-order chi connectivity index (χ1) is 7.65. The maximum Gasteiger partial charge on any atom is 0.320 e. The van der Waals surface area contributed by atoms with Gasteiger partial charge in [0.05, 0.1) is 0 Å². The minimum absolute atomic E-state index is 0.138. The highest BCUT2D eigenvalue weighted by molar-refractivity contribution is 6.30. The molecule has 1 aromatic carbocycles. The summed E-state index contributed by atoms with van der Waals surface area (Å²) in [5.41, 5.74) is 0.922. The minimum atomic E-state index is -0.796. The van der Waals surface area contributed by atoms with Crippen molar-refractivity contribution in [2.24, 2.45) is 0 Å². The van der Waals surface area contributed by atoms with Gasteiger partial charge in [-0.25, -0.2) is 0 Å². The van der Waals surface area contributed by atoms with E-state index in [-0.39, 0.29) is 6.04 Å². The van der Waals surface area contributed by atoms with Crippen LogP contribution in [0.15, 0.2) is 24.3 Å². The monoisotopic (exact) mass is 240 g/mol. The van der Waals surface area contributed by atoms with E-state index in [9.17, 15) is 4.79 Å². The van der Waals surface area contributed by atoms with E-state index in [2.05, 4.69) is 10.6 Å². The fourth-order valence-electron chi connectivity index (χ4n) is 1.85. The zero-order valence-corrected chi connectivity index (χ0v) is 9.37. The lowest BCUT2D eigenvalue weighted by Gasteiger charge is -2.12. The summed E-state index contributed by atoms with van der Waals surface area (Å²) in [6.07, 6.45) is 0.585. The molecule has 2 rings (SSSR count). The van der Waals surface area contributed by atoms with Gasteiger partial charge in [0.25, 0.3) is 0 Å². The zero-order chi connectivity index (χ0) is 11.5. The van der Waals surface area contributed by atoms with Crippen LogP contribution in [0, 0.1) is 0 Å². The van der Waals surface area contributed by atoms with Crippen LogP contribution < -0.4 is 10.6 Å². The second-order valence-corrected chi connectivity index (χ2v) is 4.32. The minimum Gasteiger partial charge on any atom is -0.480 e. The summed E-state index contributed by atoms with van der Waals surface area (Å²) in [6.45, 7) is 0.656. The Morgan fingerprint density at radius 3 is 3.00 bits per heavy atom. The summed E-state index contributed by atoms with van der Waals surface area (Å²) in [6, 6.07) is 7.10. The highest BCUT2D eigenvalue weighted by atomic mass is 35.5. The molecule has 4 nitrogen and oxygen atoms in total. The van der Waals surface area contributed by atoms with Crippen molar-refractivity contribution in [3.05, 3.63) is 29.3 Å².